The van der Waals surface area contributed by atoms with E-state index in [0.29, 0.717) is 12.3 Å². The summed E-state index contributed by atoms with van der Waals surface area (Å²) < 4.78 is 18.1. The van der Waals surface area contributed by atoms with Gasteiger partial charge in [-0.2, -0.15) is 0 Å². The molecule has 44 heavy (non-hydrogen) atoms. The van der Waals surface area contributed by atoms with Gasteiger partial charge in [-0.25, -0.2) is 4.79 Å². The molecule has 220 valence electrons. The van der Waals surface area contributed by atoms with Crippen LogP contribution in [0.4, 0.5) is 16.2 Å². The standard InChI is InChI=1S/C38H34N2O4/c1-4-43-37(41)40-28-16-12-26(13-17-28)38(25-10-14-27(39-2)15-11-25)22-21-33-31-19-9-24-7-5-6-8-30(24)35(31)32-20-18-29(42-3)23-34(32)36(33)44-38/h5-8,10-18,20-23,39H,4,9,19H2,1-3H3,(H,40,41). The van der Waals surface area contributed by atoms with E-state index in [1.807, 2.05) is 37.4 Å². The normalized spacial score (nSPS) is 16.2. The average Bonchev–Trinajstić information content (AvgIpc) is 3.08. The number of methoxy groups -OCH3 is 1. The third kappa shape index (κ3) is 4.54. The fourth-order valence-corrected chi connectivity index (χ4v) is 6.57. The van der Waals surface area contributed by atoms with Gasteiger partial charge in [-0.15, -0.1) is 0 Å². The van der Waals surface area contributed by atoms with E-state index in [1.54, 1.807) is 14.0 Å². The number of carbonyl (C=O) groups excluding carboxylic acids is 1. The molecule has 0 saturated heterocycles. The molecule has 5 aromatic rings. The number of fused-ring (bicyclic) bond motifs is 8. The second-order valence-electron chi connectivity index (χ2n) is 11.1. The molecule has 1 aliphatic carbocycles. The van der Waals surface area contributed by atoms with Crippen molar-refractivity contribution >= 4 is 34.3 Å². The molecule has 0 fully saturated rings. The Morgan fingerprint density at radius 1 is 0.886 bits per heavy atom. The Balaban J connectivity index is 1.44. The van der Waals surface area contributed by atoms with E-state index < -0.39 is 11.7 Å². The first-order valence-electron chi connectivity index (χ1n) is 15.0. The number of benzene rings is 5. The second-order valence-corrected chi connectivity index (χ2v) is 11.1. The topological polar surface area (TPSA) is 68.8 Å². The molecule has 1 atom stereocenters. The lowest BCUT2D eigenvalue weighted by Gasteiger charge is -2.38. The Hall–Kier alpha value is -5.23. The van der Waals surface area contributed by atoms with E-state index in [0.717, 1.165) is 57.5 Å². The highest BCUT2D eigenvalue weighted by Crippen LogP contribution is 2.52. The largest absolute Gasteiger partial charge is 0.497 e. The third-order valence-electron chi connectivity index (χ3n) is 8.73. The molecule has 0 saturated carbocycles. The minimum atomic E-state index is -0.918. The van der Waals surface area contributed by atoms with Crippen LogP contribution >= 0.6 is 0 Å². The van der Waals surface area contributed by atoms with Gasteiger partial charge in [-0.05, 0) is 95.9 Å². The zero-order chi connectivity index (χ0) is 30.3. The number of nitrogens with one attached hydrogen (secondary N) is 2. The molecule has 1 aliphatic heterocycles. The summed E-state index contributed by atoms with van der Waals surface area (Å²) in [6.45, 7) is 2.09. The molecule has 0 spiro atoms. The fourth-order valence-electron chi connectivity index (χ4n) is 6.57. The SMILES string of the molecule is CCOC(=O)Nc1ccc(C2(c3ccc(NC)cc3)C=Cc3c4c(c5ccc(OC)cc5c3O2)-c2ccccc2CC4)cc1. The van der Waals surface area contributed by atoms with E-state index in [1.165, 1.54) is 22.3 Å². The monoisotopic (exact) mass is 582 g/mol. The highest BCUT2D eigenvalue weighted by atomic mass is 16.5. The Kier molecular flexibility index (Phi) is 6.97. The molecule has 1 unspecified atom stereocenters. The van der Waals surface area contributed by atoms with Crippen LogP contribution in [0.2, 0.25) is 0 Å². The summed E-state index contributed by atoms with van der Waals surface area (Å²) in [5, 5.41) is 8.17. The van der Waals surface area contributed by atoms with E-state index in [-0.39, 0.29) is 0 Å². The molecule has 6 heteroatoms. The predicted octanol–water partition coefficient (Wildman–Crippen LogP) is 8.57. The van der Waals surface area contributed by atoms with Gasteiger partial charge >= 0.3 is 6.09 Å². The molecule has 1 heterocycles. The summed E-state index contributed by atoms with van der Waals surface area (Å²) >= 11 is 0. The summed E-state index contributed by atoms with van der Waals surface area (Å²) in [6, 6.07) is 31.1. The molecule has 7 rings (SSSR count). The molecule has 1 amide bonds. The van der Waals surface area contributed by atoms with Crippen LogP contribution in [-0.2, 0) is 23.2 Å². The number of hydrogen-bond donors (Lipinski definition) is 2. The summed E-state index contributed by atoms with van der Waals surface area (Å²) in [5.74, 6) is 1.62. The van der Waals surface area contributed by atoms with Crippen LogP contribution in [0.1, 0.15) is 34.7 Å². The van der Waals surface area contributed by atoms with Crippen LogP contribution in [0.15, 0.2) is 97.1 Å². The first-order chi connectivity index (χ1) is 21.5. The van der Waals surface area contributed by atoms with Gasteiger partial charge < -0.3 is 19.5 Å². The van der Waals surface area contributed by atoms with Crippen LogP contribution < -0.4 is 20.1 Å². The summed E-state index contributed by atoms with van der Waals surface area (Å²) in [4.78, 5) is 12.1. The lowest BCUT2D eigenvalue weighted by Crippen LogP contribution is -2.34. The Morgan fingerprint density at radius 2 is 1.61 bits per heavy atom. The number of hydrogen-bond acceptors (Lipinski definition) is 5. The zero-order valence-electron chi connectivity index (χ0n) is 25.1. The van der Waals surface area contributed by atoms with Gasteiger partial charge in [0.1, 0.15) is 11.5 Å². The van der Waals surface area contributed by atoms with Gasteiger partial charge in [0, 0.05) is 40.5 Å². The first kappa shape index (κ1) is 27.6. The van der Waals surface area contributed by atoms with Crippen LogP contribution in [0.25, 0.3) is 28.0 Å². The van der Waals surface area contributed by atoms with Gasteiger partial charge in [0.2, 0.25) is 0 Å². The second kappa shape index (κ2) is 11.1. The van der Waals surface area contributed by atoms with Gasteiger partial charge in [-0.3, -0.25) is 5.32 Å². The molecule has 2 aliphatic rings. The quantitative estimate of drug-likeness (QED) is 0.210. The van der Waals surface area contributed by atoms with Crippen molar-refractivity contribution in [3.8, 4) is 22.6 Å². The molecule has 0 radical (unpaired) electrons. The van der Waals surface area contributed by atoms with Crippen LogP contribution in [0, 0.1) is 0 Å². The zero-order valence-corrected chi connectivity index (χ0v) is 25.1. The number of anilines is 2. The molecule has 6 nitrogen and oxygen atoms in total. The van der Waals surface area contributed by atoms with Crippen molar-refractivity contribution in [2.24, 2.45) is 0 Å². The van der Waals surface area contributed by atoms with Gasteiger partial charge in [0.15, 0.2) is 5.60 Å². The molecule has 0 bridgehead atoms. The van der Waals surface area contributed by atoms with Crippen LogP contribution in [0.3, 0.4) is 0 Å². The highest BCUT2D eigenvalue weighted by Gasteiger charge is 2.39. The highest BCUT2D eigenvalue weighted by molar-refractivity contribution is 6.06. The number of rotatable bonds is 6. The molecular weight excluding hydrogens is 548 g/mol. The van der Waals surface area contributed by atoms with Crippen molar-refractivity contribution in [2.75, 3.05) is 31.4 Å². The maximum Gasteiger partial charge on any atom is 0.411 e. The smallest absolute Gasteiger partial charge is 0.411 e. The van der Waals surface area contributed by atoms with Crippen molar-refractivity contribution in [3.05, 3.63) is 125 Å². The summed E-state index contributed by atoms with van der Waals surface area (Å²) in [6.07, 6.45) is 5.84. The minimum Gasteiger partial charge on any atom is -0.497 e. The predicted molar refractivity (Wildman–Crippen MR) is 177 cm³/mol. The lowest BCUT2D eigenvalue weighted by molar-refractivity contribution is 0.163. The average molecular weight is 583 g/mol. The third-order valence-corrected chi connectivity index (χ3v) is 8.73. The van der Waals surface area contributed by atoms with E-state index in [2.05, 4.69) is 83.4 Å². The van der Waals surface area contributed by atoms with Gasteiger partial charge in [0.25, 0.3) is 0 Å². The molecule has 0 aromatic heterocycles. The maximum absolute atomic E-state index is 12.1. The Morgan fingerprint density at radius 3 is 2.32 bits per heavy atom. The number of ether oxygens (including phenoxy) is 3. The minimum absolute atomic E-state index is 0.307. The Labute approximate surface area is 257 Å². The molecule has 5 aromatic carbocycles. The summed E-state index contributed by atoms with van der Waals surface area (Å²) in [7, 11) is 3.61. The summed E-state index contributed by atoms with van der Waals surface area (Å²) in [5.41, 5.74) is 9.01. The number of aryl methyl sites for hydroxylation is 1. The van der Waals surface area contributed by atoms with E-state index >= 15 is 0 Å². The van der Waals surface area contributed by atoms with Crippen molar-refractivity contribution in [3.63, 3.8) is 0 Å². The van der Waals surface area contributed by atoms with E-state index in [9.17, 15) is 4.79 Å². The van der Waals surface area contributed by atoms with Gasteiger partial charge in [0.05, 0.1) is 13.7 Å². The number of amides is 1. The first-order valence-corrected chi connectivity index (χ1v) is 15.0. The van der Waals surface area contributed by atoms with Crippen LogP contribution in [-0.4, -0.2) is 26.9 Å². The number of carbonyl (C=O) groups is 1. The van der Waals surface area contributed by atoms with Crippen molar-refractivity contribution in [1.82, 2.24) is 0 Å². The Bertz CT molecular complexity index is 1910. The van der Waals surface area contributed by atoms with Crippen molar-refractivity contribution in [2.45, 2.75) is 25.4 Å². The van der Waals surface area contributed by atoms with Crippen LogP contribution in [0.5, 0.6) is 11.5 Å². The molecular formula is C38H34N2O4. The van der Waals surface area contributed by atoms with E-state index in [4.69, 9.17) is 14.2 Å². The molecule has 2 N–H and O–H groups in total. The van der Waals surface area contributed by atoms with Crippen molar-refractivity contribution < 1.29 is 19.0 Å². The lowest BCUT2D eigenvalue weighted by atomic mass is 9.77. The maximum atomic E-state index is 12.1. The fraction of sp³-hybridized carbons (Fsp3) is 0.184. The van der Waals surface area contributed by atoms with Crippen molar-refractivity contribution in [1.29, 1.82) is 0 Å². The van der Waals surface area contributed by atoms with Gasteiger partial charge in [-0.1, -0.05) is 54.6 Å².